The van der Waals surface area contributed by atoms with Crippen molar-refractivity contribution in [2.45, 2.75) is 32.8 Å². The monoisotopic (exact) mass is 190 g/mol. The molecule has 1 aromatic rings. The fourth-order valence-corrected chi connectivity index (χ4v) is 1.93. The third-order valence-electron chi connectivity index (χ3n) is 2.66. The minimum absolute atomic E-state index is 0.0110. The van der Waals surface area contributed by atoms with Gasteiger partial charge >= 0.3 is 5.97 Å². The molecule has 1 aromatic carbocycles. The molecule has 1 atom stereocenters. The molecule has 2 nitrogen and oxygen atoms in total. The number of carbonyl (C=O) groups excluding carboxylic acids is 1. The van der Waals surface area contributed by atoms with Crippen LogP contribution in [0.25, 0.3) is 0 Å². The highest BCUT2D eigenvalue weighted by Crippen LogP contribution is 2.31. The summed E-state index contributed by atoms with van der Waals surface area (Å²) in [6, 6.07) is 6.25. The Balaban J connectivity index is 2.28. The van der Waals surface area contributed by atoms with Gasteiger partial charge in [-0.3, -0.25) is 4.79 Å². The molecule has 0 amide bonds. The molecule has 14 heavy (non-hydrogen) atoms. The molecule has 1 heterocycles. The van der Waals surface area contributed by atoms with Crippen LogP contribution in [0.4, 0.5) is 0 Å². The van der Waals surface area contributed by atoms with E-state index in [-0.39, 0.29) is 12.1 Å². The molecule has 1 aliphatic heterocycles. The van der Waals surface area contributed by atoms with Crippen LogP contribution in [0.2, 0.25) is 0 Å². The van der Waals surface area contributed by atoms with Crippen LogP contribution < -0.4 is 0 Å². The van der Waals surface area contributed by atoms with Crippen LogP contribution in [0.3, 0.4) is 0 Å². The molecule has 74 valence electrons. The molecule has 0 N–H and O–H groups in total. The first-order chi connectivity index (χ1) is 6.66. The fourth-order valence-electron chi connectivity index (χ4n) is 1.93. The molecule has 1 unspecified atom stereocenters. The van der Waals surface area contributed by atoms with Crippen LogP contribution in [0.1, 0.15) is 35.6 Å². The van der Waals surface area contributed by atoms with E-state index >= 15 is 0 Å². The predicted octanol–water partition coefficient (Wildman–Crippen LogP) is 2.68. The van der Waals surface area contributed by atoms with E-state index in [1.54, 1.807) is 0 Å². The Bertz CT molecular complexity index is 369. The Morgan fingerprint density at radius 3 is 2.71 bits per heavy atom. The average molecular weight is 190 g/mol. The van der Waals surface area contributed by atoms with Crippen molar-refractivity contribution in [3.05, 3.63) is 34.9 Å². The van der Waals surface area contributed by atoms with E-state index in [0.717, 1.165) is 12.0 Å². The van der Waals surface area contributed by atoms with Gasteiger partial charge in [0.15, 0.2) is 0 Å². The first-order valence-electron chi connectivity index (χ1n) is 4.93. The highest BCUT2D eigenvalue weighted by Gasteiger charge is 2.25. The lowest BCUT2D eigenvalue weighted by Gasteiger charge is -2.12. The lowest BCUT2D eigenvalue weighted by atomic mass is 9.99. The molecule has 1 aliphatic rings. The Morgan fingerprint density at radius 1 is 1.36 bits per heavy atom. The number of esters is 1. The van der Waals surface area contributed by atoms with E-state index in [0.29, 0.717) is 6.42 Å². The summed E-state index contributed by atoms with van der Waals surface area (Å²) in [5.41, 5.74) is 3.61. The number of ether oxygens (including phenoxy) is 1. The van der Waals surface area contributed by atoms with Crippen molar-refractivity contribution in [3.63, 3.8) is 0 Å². The number of benzene rings is 1. The van der Waals surface area contributed by atoms with Gasteiger partial charge in [-0.25, -0.2) is 0 Å². The normalized spacial score (nSPS) is 21.0. The van der Waals surface area contributed by atoms with Crippen molar-refractivity contribution < 1.29 is 9.53 Å². The average Bonchev–Trinajstić information content (AvgIpc) is 2.51. The summed E-state index contributed by atoms with van der Waals surface area (Å²) in [5, 5.41) is 0. The maximum atomic E-state index is 11.0. The summed E-state index contributed by atoms with van der Waals surface area (Å²) in [5.74, 6) is -0.0741. The Hall–Kier alpha value is -1.31. The molecular weight excluding hydrogens is 176 g/mol. The second-order valence-electron chi connectivity index (χ2n) is 3.88. The number of hydrogen-bond donors (Lipinski definition) is 0. The van der Waals surface area contributed by atoms with Crippen molar-refractivity contribution in [1.82, 2.24) is 0 Å². The highest BCUT2D eigenvalue weighted by atomic mass is 16.5. The number of cyclic esters (lactones) is 1. The van der Waals surface area contributed by atoms with E-state index in [4.69, 9.17) is 4.74 Å². The molecule has 1 fully saturated rings. The van der Waals surface area contributed by atoms with Crippen molar-refractivity contribution in [2.24, 2.45) is 0 Å². The molecular formula is C12H14O2. The number of rotatable bonds is 1. The van der Waals surface area contributed by atoms with Crippen molar-refractivity contribution in [1.29, 1.82) is 0 Å². The molecule has 0 saturated carbocycles. The minimum Gasteiger partial charge on any atom is -0.457 e. The zero-order valence-electron chi connectivity index (χ0n) is 8.54. The SMILES string of the molecule is Cc1ccc(C2CCC(=O)O2)c(C)c1. The van der Waals surface area contributed by atoms with Gasteiger partial charge in [0.1, 0.15) is 6.10 Å². The molecule has 0 radical (unpaired) electrons. The van der Waals surface area contributed by atoms with E-state index in [2.05, 4.69) is 32.0 Å². The van der Waals surface area contributed by atoms with Crippen LogP contribution in [-0.2, 0) is 9.53 Å². The maximum absolute atomic E-state index is 11.0. The Labute approximate surface area is 83.9 Å². The zero-order valence-corrected chi connectivity index (χ0v) is 8.54. The van der Waals surface area contributed by atoms with Gasteiger partial charge in [-0.15, -0.1) is 0 Å². The molecule has 0 aliphatic carbocycles. The van der Waals surface area contributed by atoms with Crippen molar-refractivity contribution in [3.8, 4) is 0 Å². The van der Waals surface area contributed by atoms with Gasteiger partial charge in [0.25, 0.3) is 0 Å². The van der Waals surface area contributed by atoms with Gasteiger partial charge < -0.3 is 4.74 Å². The van der Waals surface area contributed by atoms with Crippen LogP contribution in [0.15, 0.2) is 18.2 Å². The number of aryl methyl sites for hydroxylation is 2. The zero-order chi connectivity index (χ0) is 10.1. The van der Waals surface area contributed by atoms with E-state index in [1.807, 2.05) is 0 Å². The second kappa shape index (κ2) is 3.45. The van der Waals surface area contributed by atoms with Gasteiger partial charge in [-0.05, 0) is 31.4 Å². The highest BCUT2D eigenvalue weighted by molar-refractivity contribution is 5.71. The van der Waals surface area contributed by atoms with Gasteiger partial charge in [-0.2, -0.15) is 0 Å². The summed E-state index contributed by atoms with van der Waals surface area (Å²) in [7, 11) is 0. The molecule has 0 spiro atoms. The molecule has 2 heteroatoms. The van der Waals surface area contributed by atoms with Gasteiger partial charge in [0, 0.05) is 6.42 Å². The predicted molar refractivity (Wildman–Crippen MR) is 54.0 cm³/mol. The number of hydrogen-bond acceptors (Lipinski definition) is 2. The standard InChI is InChI=1S/C12H14O2/c1-8-3-4-10(9(2)7-8)11-5-6-12(13)14-11/h3-4,7,11H,5-6H2,1-2H3. The van der Waals surface area contributed by atoms with Crippen LogP contribution in [0, 0.1) is 13.8 Å². The van der Waals surface area contributed by atoms with E-state index < -0.39 is 0 Å². The van der Waals surface area contributed by atoms with Gasteiger partial charge in [0.05, 0.1) is 0 Å². The summed E-state index contributed by atoms with van der Waals surface area (Å²) >= 11 is 0. The summed E-state index contributed by atoms with van der Waals surface area (Å²) < 4.78 is 5.23. The largest absolute Gasteiger partial charge is 0.457 e. The smallest absolute Gasteiger partial charge is 0.306 e. The molecule has 0 aromatic heterocycles. The molecule has 1 saturated heterocycles. The first-order valence-corrected chi connectivity index (χ1v) is 4.93. The van der Waals surface area contributed by atoms with Crippen molar-refractivity contribution in [2.75, 3.05) is 0 Å². The number of carbonyl (C=O) groups is 1. The minimum atomic E-state index is -0.0741. The Morgan fingerprint density at radius 2 is 2.14 bits per heavy atom. The van der Waals surface area contributed by atoms with E-state index in [1.165, 1.54) is 11.1 Å². The summed E-state index contributed by atoms with van der Waals surface area (Å²) in [4.78, 5) is 11.0. The first kappa shape index (κ1) is 9.25. The molecule has 2 rings (SSSR count). The third kappa shape index (κ3) is 1.65. The van der Waals surface area contributed by atoms with Crippen LogP contribution in [0.5, 0.6) is 0 Å². The van der Waals surface area contributed by atoms with E-state index in [9.17, 15) is 4.79 Å². The van der Waals surface area contributed by atoms with Crippen LogP contribution >= 0.6 is 0 Å². The Kier molecular flexibility index (Phi) is 2.28. The second-order valence-corrected chi connectivity index (χ2v) is 3.88. The lowest BCUT2D eigenvalue weighted by Crippen LogP contribution is -2.00. The van der Waals surface area contributed by atoms with Gasteiger partial charge in [-0.1, -0.05) is 23.8 Å². The maximum Gasteiger partial charge on any atom is 0.306 e. The fraction of sp³-hybridized carbons (Fsp3) is 0.417. The third-order valence-corrected chi connectivity index (χ3v) is 2.66. The summed E-state index contributed by atoms with van der Waals surface area (Å²) in [6.07, 6.45) is 1.36. The van der Waals surface area contributed by atoms with Gasteiger partial charge in [0.2, 0.25) is 0 Å². The molecule has 0 bridgehead atoms. The lowest BCUT2D eigenvalue weighted by molar-refractivity contribution is -0.141. The summed E-state index contributed by atoms with van der Waals surface area (Å²) in [6.45, 7) is 4.13. The quantitative estimate of drug-likeness (QED) is 0.636. The van der Waals surface area contributed by atoms with Crippen molar-refractivity contribution >= 4 is 5.97 Å². The van der Waals surface area contributed by atoms with Crippen LogP contribution in [-0.4, -0.2) is 5.97 Å². The topological polar surface area (TPSA) is 26.3 Å².